The van der Waals surface area contributed by atoms with Crippen molar-refractivity contribution in [3.8, 4) is 0 Å². The third-order valence-corrected chi connectivity index (χ3v) is 4.76. The maximum Gasteiger partial charge on any atom is 0.407 e. The van der Waals surface area contributed by atoms with Crippen molar-refractivity contribution in [2.45, 2.75) is 58.2 Å². The Balaban J connectivity index is 1.86. The molecule has 0 spiro atoms. The standard InChI is InChI=1S/C15H24ClN3O2S/c1-14(2,3)21-13(20)18-9-15(4,10-5-6-10)19-8-12-17-7-11(16)22-12/h7,10,19H,5-6,8-9H2,1-4H3,(H,18,20). The van der Waals surface area contributed by atoms with Gasteiger partial charge in [0.05, 0.1) is 6.20 Å². The number of nitrogens with one attached hydrogen (secondary N) is 2. The van der Waals surface area contributed by atoms with Gasteiger partial charge in [0.1, 0.15) is 14.9 Å². The Morgan fingerprint density at radius 1 is 1.45 bits per heavy atom. The molecule has 1 atom stereocenters. The van der Waals surface area contributed by atoms with Gasteiger partial charge in [-0.2, -0.15) is 0 Å². The normalized spacial score (nSPS) is 17.9. The number of ether oxygens (including phenoxy) is 1. The van der Waals surface area contributed by atoms with E-state index < -0.39 is 5.60 Å². The Morgan fingerprint density at radius 2 is 2.14 bits per heavy atom. The van der Waals surface area contributed by atoms with E-state index in [2.05, 4.69) is 22.5 Å². The maximum atomic E-state index is 11.8. The largest absolute Gasteiger partial charge is 0.444 e. The van der Waals surface area contributed by atoms with Gasteiger partial charge < -0.3 is 15.4 Å². The van der Waals surface area contributed by atoms with Crippen LogP contribution in [0.3, 0.4) is 0 Å². The molecule has 1 amide bonds. The van der Waals surface area contributed by atoms with E-state index in [1.807, 2.05) is 20.8 Å². The van der Waals surface area contributed by atoms with Crippen LogP contribution in [-0.4, -0.2) is 28.8 Å². The number of carbonyl (C=O) groups excluding carboxylic acids is 1. The molecule has 1 aliphatic carbocycles. The Kier molecular flexibility index (Phi) is 5.35. The molecule has 0 aromatic carbocycles. The summed E-state index contributed by atoms with van der Waals surface area (Å²) in [4.78, 5) is 16.1. The van der Waals surface area contributed by atoms with Crippen molar-refractivity contribution in [3.63, 3.8) is 0 Å². The Morgan fingerprint density at radius 3 is 2.64 bits per heavy atom. The van der Waals surface area contributed by atoms with Crippen molar-refractivity contribution in [1.82, 2.24) is 15.6 Å². The van der Waals surface area contributed by atoms with Crippen LogP contribution in [0.25, 0.3) is 0 Å². The number of hydrogen-bond acceptors (Lipinski definition) is 5. The van der Waals surface area contributed by atoms with E-state index in [0.29, 0.717) is 23.3 Å². The smallest absolute Gasteiger partial charge is 0.407 e. The van der Waals surface area contributed by atoms with Gasteiger partial charge in [0, 0.05) is 18.6 Å². The van der Waals surface area contributed by atoms with Gasteiger partial charge in [-0.15, -0.1) is 11.3 Å². The molecule has 1 heterocycles. The maximum absolute atomic E-state index is 11.8. The van der Waals surface area contributed by atoms with Gasteiger partial charge >= 0.3 is 6.09 Å². The van der Waals surface area contributed by atoms with Crippen LogP contribution in [-0.2, 0) is 11.3 Å². The SMILES string of the molecule is CC(C)(C)OC(=O)NCC(C)(NCc1ncc(Cl)s1)C1CC1. The zero-order valence-electron chi connectivity index (χ0n) is 13.5. The molecule has 0 aliphatic heterocycles. The van der Waals surface area contributed by atoms with Crippen molar-refractivity contribution < 1.29 is 9.53 Å². The highest BCUT2D eigenvalue weighted by molar-refractivity contribution is 7.15. The van der Waals surface area contributed by atoms with Crippen LogP contribution < -0.4 is 10.6 Å². The number of thiazole rings is 1. The Labute approximate surface area is 140 Å². The van der Waals surface area contributed by atoms with Gasteiger partial charge in [0.15, 0.2) is 0 Å². The third kappa shape index (κ3) is 5.41. The summed E-state index contributed by atoms with van der Waals surface area (Å²) in [5.74, 6) is 0.567. The Hall–Kier alpha value is -0.850. The lowest BCUT2D eigenvalue weighted by Crippen LogP contribution is -2.53. The first kappa shape index (κ1) is 17.5. The fraction of sp³-hybridized carbons (Fsp3) is 0.733. The summed E-state index contributed by atoms with van der Waals surface area (Å²) < 4.78 is 5.99. The van der Waals surface area contributed by atoms with Crippen molar-refractivity contribution in [1.29, 1.82) is 0 Å². The quantitative estimate of drug-likeness (QED) is 0.827. The average Bonchev–Trinajstić information content (AvgIpc) is 3.16. The van der Waals surface area contributed by atoms with Gasteiger partial charge in [-0.25, -0.2) is 9.78 Å². The lowest BCUT2D eigenvalue weighted by atomic mass is 9.95. The zero-order chi connectivity index (χ0) is 16.4. The monoisotopic (exact) mass is 345 g/mol. The molecule has 1 saturated carbocycles. The molecule has 1 aliphatic rings. The molecule has 1 unspecified atom stereocenters. The number of halogens is 1. The highest BCUT2D eigenvalue weighted by Gasteiger charge is 2.41. The number of nitrogens with zero attached hydrogens (tertiary/aromatic N) is 1. The second-order valence-corrected chi connectivity index (χ2v) is 8.71. The molecule has 2 N–H and O–H groups in total. The minimum Gasteiger partial charge on any atom is -0.444 e. The van der Waals surface area contributed by atoms with Gasteiger partial charge in [0.2, 0.25) is 0 Å². The first-order valence-electron chi connectivity index (χ1n) is 7.50. The number of hydrogen-bond donors (Lipinski definition) is 2. The summed E-state index contributed by atoms with van der Waals surface area (Å²) in [6.07, 6.45) is 3.64. The molecule has 2 rings (SSSR count). The molecule has 1 fully saturated rings. The number of rotatable bonds is 6. The van der Waals surface area contributed by atoms with Crippen LogP contribution in [0, 0.1) is 5.92 Å². The minimum atomic E-state index is -0.481. The van der Waals surface area contributed by atoms with Crippen LogP contribution in [0.4, 0.5) is 4.79 Å². The summed E-state index contributed by atoms with van der Waals surface area (Å²) in [7, 11) is 0. The topological polar surface area (TPSA) is 63.2 Å². The summed E-state index contributed by atoms with van der Waals surface area (Å²) in [6.45, 7) is 8.90. The number of aromatic nitrogens is 1. The molecule has 0 radical (unpaired) electrons. The van der Waals surface area contributed by atoms with Crippen molar-refractivity contribution >= 4 is 29.0 Å². The first-order valence-corrected chi connectivity index (χ1v) is 8.69. The molecular weight excluding hydrogens is 322 g/mol. The highest BCUT2D eigenvalue weighted by Crippen LogP contribution is 2.39. The van der Waals surface area contributed by atoms with Crippen LogP contribution in [0.2, 0.25) is 4.34 Å². The molecule has 124 valence electrons. The summed E-state index contributed by atoms with van der Waals surface area (Å²) >= 11 is 7.38. The van der Waals surface area contributed by atoms with E-state index in [1.54, 1.807) is 6.20 Å². The van der Waals surface area contributed by atoms with Gasteiger partial charge in [-0.1, -0.05) is 11.6 Å². The molecule has 1 aromatic heterocycles. The van der Waals surface area contributed by atoms with Crippen LogP contribution in [0.15, 0.2) is 6.20 Å². The van der Waals surface area contributed by atoms with Crippen molar-refractivity contribution in [3.05, 3.63) is 15.5 Å². The van der Waals surface area contributed by atoms with Gasteiger partial charge in [-0.3, -0.25) is 0 Å². The van der Waals surface area contributed by atoms with E-state index in [0.717, 1.165) is 5.01 Å². The second kappa shape index (κ2) is 6.72. The first-order chi connectivity index (χ1) is 10.2. The lowest BCUT2D eigenvalue weighted by Gasteiger charge is -2.31. The third-order valence-electron chi connectivity index (χ3n) is 3.65. The lowest BCUT2D eigenvalue weighted by molar-refractivity contribution is 0.0507. The van der Waals surface area contributed by atoms with E-state index in [-0.39, 0.29) is 11.6 Å². The molecule has 22 heavy (non-hydrogen) atoms. The summed E-state index contributed by atoms with van der Waals surface area (Å²) in [5, 5.41) is 7.35. The molecule has 1 aromatic rings. The van der Waals surface area contributed by atoms with Crippen LogP contribution in [0.5, 0.6) is 0 Å². The average molecular weight is 346 g/mol. The van der Waals surface area contributed by atoms with Crippen molar-refractivity contribution in [2.75, 3.05) is 6.54 Å². The second-order valence-electron chi connectivity index (χ2n) is 6.96. The highest BCUT2D eigenvalue weighted by atomic mass is 35.5. The molecule has 0 saturated heterocycles. The fourth-order valence-corrected chi connectivity index (χ4v) is 3.19. The molecular formula is C15H24ClN3O2S. The van der Waals surface area contributed by atoms with E-state index >= 15 is 0 Å². The molecule has 5 nitrogen and oxygen atoms in total. The summed E-state index contributed by atoms with van der Waals surface area (Å²) in [5.41, 5.74) is -0.639. The van der Waals surface area contributed by atoms with Gasteiger partial charge in [-0.05, 0) is 46.5 Å². The predicted octanol–water partition coefficient (Wildman–Crippen LogP) is 3.58. The van der Waals surface area contributed by atoms with E-state index in [1.165, 1.54) is 24.2 Å². The zero-order valence-corrected chi connectivity index (χ0v) is 15.1. The fourth-order valence-electron chi connectivity index (χ4n) is 2.29. The van der Waals surface area contributed by atoms with Crippen LogP contribution >= 0.6 is 22.9 Å². The van der Waals surface area contributed by atoms with E-state index in [4.69, 9.17) is 16.3 Å². The molecule has 0 bridgehead atoms. The van der Waals surface area contributed by atoms with Crippen LogP contribution in [0.1, 0.15) is 45.5 Å². The number of amides is 1. The van der Waals surface area contributed by atoms with E-state index in [9.17, 15) is 4.79 Å². The van der Waals surface area contributed by atoms with Gasteiger partial charge in [0.25, 0.3) is 0 Å². The van der Waals surface area contributed by atoms with Crippen molar-refractivity contribution in [2.24, 2.45) is 5.92 Å². The predicted molar refractivity (Wildman–Crippen MR) is 89.3 cm³/mol. The number of carbonyl (C=O) groups is 1. The summed E-state index contributed by atoms with van der Waals surface area (Å²) in [6, 6.07) is 0. The number of alkyl carbamates (subject to hydrolysis) is 1. The minimum absolute atomic E-state index is 0.158. The molecule has 7 heteroatoms. The Bertz CT molecular complexity index is 525.